The van der Waals surface area contributed by atoms with Crippen LogP contribution in [-0.4, -0.2) is 33.2 Å². The van der Waals surface area contributed by atoms with Crippen molar-refractivity contribution in [2.75, 3.05) is 0 Å². The van der Waals surface area contributed by atoms with Crippen molar-refractivity contribution in [3.63, 3.8) is 0 Å². The van der Waals surface area contributed by atoms with Crippen LogP contribution in [0.1, 0.15) is 178 Å². The SMILES string of the molecule is CCCCCC(CC)(CC)C(=O)O.CCCCCC(CC)(CC)C(=O)O.CCCCCC(CC)(CC)C(=O)O.[La]. The summed E-state index contributed by atoms with van der Waals surface area (Å²) < 4.78 is 0. The molecule has 0 unspecified atom stereocenters. The molecule has 0 fully saturated rings. The monoisotopic (exact) mass is 697 g/mol. The summed E-state index contributed by atoms with van der Waals surface area (Å²) in [6.45, 7) is 18.3. The Bertz CT molecular complexity index is 537. The number of unbranched alkanes of at least 4 members (excludes halogenated alkanes) is 6. The summed E-state index contributed by atoms with van der Waals surface area (Å²) in [5, 5.41) is 27.4. The van der Waals surface area contributed by atoms with Crippen LogP contribution in [0, 0.1) is 51.8 Å². The van der Waals surface area contributed by atoms with Crippen molar-refractivity contribution >= 4 is 17.9 Å². The van der Waals surface area contributed by atoms with Gasteiger partial charge in [0.15, 0.2) is 0 Å². The predicted molar refractivity (Wildman–Crippen MR) is 164 cm³/mol. The predicted octanol–water partition coefficient (Wildman–Crippen LogP) is 10.4. The number of carbonyl (C=O) groups is 3. The standard InChI is InChI=1S/3C11H22O2.La/c3*1-4-7-8-9-11(5-2,6-3)10(12)13;/h3*4-9H2,1-3H3,(H,12,13);. The van der Waals surface area contributed by atoms with Crippen molar-refractivity contribution < 1.29 is 65.3 Å². The van der Waals surface area contributed by atoms with E-state index in [1.807, 2.05) is 41.5 Å². The second kappa shape index (κ2) is 27.4. The Hall–Kier alpha value is -0.395. The molecule has 0 amide bonds. The maximum absolute atomic E-state index is 11.1. The second-order valence-electron chi connectivity index (χ2n) is 11.2. The minimum atomic E-state index is -0.617. The largest absolute Gasteiger partial charge is 0.481 e. The van der Waals surface area contributed by atoms with Crippen LogP contribution >= 0.6 is 0 Å². The van der Waals surface area contributed by atoms with E-state index in [0.29, 0.717) is 0 Å². The third-order valence-electron chi connectivity index (χ3n) is 9.20. The Kier molecular flexibility index (Phi) is 31.9. The van der Waals surface area contributed by atoms with Crippen LogP contribution < -0.4 is 0 Å². The van der Waals surface area contributed by atoms with Gasteiger partial charge in [-0.2, -0.15) is 0 Å². The zero-order valence-electron chi connectivity index (χ0n) is 27.9. The fourth-order valence-electron chi connectivity index (χ4n) is 5.18. The quantitative estimate of drug-likeness (QED) is 0.103. The van der Waals surface area contributed by atoms with E-state index < -0.39 is 34.2 Å². The fraction of sp³-hybridized carbons (Fsp3) is 0.909. The summed E-state index contributed by atoms with van der Waals surface area (Å²) in [7, 11) is 0. The van der Waals surface area contributed by atoms with Gasteiger partial charge in [0.1, 0.15) is 0 Å². The van der Waals surface area contributed by atoms with E-state index in [9.17, 15) is 14.4 Å². The molecule has 0 aromatic carbocycles. The molecule has 0 aliphatic carbocycles. The minimum absolute atomic E-state index is 0. The molecule has 7 heteroatoms. The number of carboxylic acids is 3. The molecular formula is C33H66LaO6. The number of carboxylic acid groups (broad SMARTS) is 3. The molecule has 0 rings (SSSR count). The van der Waals surface area contributed by atoms with Gasteiger partial charge >= 0.3 is 17.9 Å². The minimum Gasteiger partial charge on any atom is -0.481 e. The first-order chi connectivity index (χ1) is 18.4. The second-order valence-corrected chi connectivity index (χ2v) is 11.2. The van der Waals surface area contributed by atoms with Crippen molar-refractivity contribution in [1.82, 2.24) is 0 Å². The van der Waals surface area contributed by atoms with Crippen molar-refractivity contribution in [1.29, 1.82) is 0 Å². The van der Waals surface area contributed by atoms with Crippen LogP contribution in [0.3, 0.4) is 0 Å². The summed E-state index contributed by atoms with van der Waals surface area (Å²) >= 11 is 0. The van der Waals surface area contributed by atoms with Gasteiger partial charge in [-0.25, -0.2) is 0 Å². The van der Waals surface area contributed by atoms with E-state index >= 15 is 0 Å². The van der Waals surface area contributed by atoms with Gasteiger partial charge in [0.05, 0.1) is 16.2 Å². The molecular weight excluding hydrogens is 631 g/mol. The molecule has 0 saturated carbocycles. The number of hydrogen-bond acceptors (Lipinski definition) is 3. The van der Waals surface area contributed by atoms with Gasteiger partial charge in [0.2, 0.25) is 0 Å². The molecule has 0 aromatic rings. The molecule has 0 aromatic heterocycles. The molecule has 0 aliphatic heterocycles. The van der Waals surface area contributed by atoms with Crippen LogP contribution in [0.2, 0.25) is 0 Å². The Labute approximate surface area is 275 Å². The molecule has 0 heterocycles. The first-order valence-corrected chi connectivity index (χ1v) is 16.1. The van der Waals surface area contributed by atoms with Crippen molar-refractivity contribution in [2.45, 2.75) is 178 Å². The van der Waals surface area contributed by atoms with Gasteiger partial charge in [-0.15, -0.1) is 0 Å². The van der Waals surface area contributed by atoms with Crippen molar-refractivity contribution in [2.24, 2.45) is 16.2 Å². The van der Waals surface area contributed by atoms with Gasteiger partial charge in [-0.3, -0.25) is 14.4 Å². The maximum atomic E-state index is 11.1. The summed E-state index contributed by atoms with van der Waals surface area (Å²) in [6.07, 6.45) is 17.1. The van der Waals surface area contributed by atoms with Gasteiger partial charge in [0.25, 0.3) is 0 Å². The van der Waals surface area contributed by atoms with Crippen LogP contribution in [0.15, 0.2) is 0 Å². The first-order valence-electron chi connectivity index (χ1n) is 16.1. The average Bonchev–Trinajstić information content (AvgIpc) is 2.92. The molecule has 237 valence electrons. The Balaban J connectivity index is -0.000000240. The Morgan fingerprint density at radius 2 is 0.575 bits per heavy atom. The molecule has 0 aliphatic rings. The third kappa shape index (κ3) is 17.5. The summed E-state index contributed by atoms with van der Waals surface area (Å²) in [6, 6.07) is 0. The van der Waals surface area contributed by atoms with E-state index in [1.165, 1.54) is 0 Å². The zero-order valence-corrected chi connectivity index (χ0v) is 31.5. The van der Waals surface area contributed by atoms with Crippen molar-refractivity contribution in [3.8, 4) is 0 Å². The molecule has 0 spiro atoms. The van der Waals surface area contributed by atoms with Crippen molar-refractivity contribution in [3.05, 3.63) is 0 Å². The Morgan fingerprint density at radius 3 is 0.675 bits per heavy atom. The van der Waals surface area contributed by atoms with E-state index in [-0.39, 0.29) is 35.6 Å². The molecule has 0 bridgehead atoms. The number of aliphatic carboxylic acids is 3. The molecule has 3 N–H and O–H groups in total. The summed E-state index contributed by atoms with van der Waals surface area (Å²) in [5.41, 5.74) is -1.35. The first kappa shape index (κ1) is 46.6. The fourth-order valence-corrected chi connectivity index (χ4v) is 5.18. The normalized spacial score (nSPS) is 11.3. The van der Waals surface area contributed by atoms with Gasteiger partial charge in [-0.05, 0) is 57.8 Å². The maximum Gasteiger partial charge on any atom is 0.309 e. The van der Waals surface area contributed by atoms with E-state index in [4.69, 9.17) is 15.3 Å². The van der Waals surface area contributed by atoms with E-state index in [0.717, 1.165) is 116 Å². The van der Waals surface area contributed by atoms with Gasteiger partial charge in [-0.1, -0.05) is 120 Å². The third-order valence-corrected chi connectivity index (χ3v) is 9.20. The number of hydrogen-bond donors (Lipinski definition) is 3. The molecule has 40 heavy (non-hydrogen) atoms. The smallest absolute Gasteiger partial charge is 0.309 e. The van der Waals surface area contributed by atoms with E-state index in [1.54, 1.807) is 0 Å². The van der Waals surface area contributed by atoms with Crippen LogP contribution in [0.4, 0.5) is 0 Å². The molecule has 0 atom stereocenters. The molecule has 6 nitrogen and oxygen atoms in total. The van der Waals surface area contributed by atoms with Gasteiger partial charge < -0.3 is 15.3 Å². The summed E-state index contributed by atoms with van der Waals surface area (Å²) in [5.74, 6) is -1.85. The zero-order chi connectivity index (χ0) is 31.0. The molecule has 1 radical (unpaired) electrons. The number of rotatable bonds is 21. The van der Waals surface area contributed by atoms with E-state index in [2.05, 4.69) is 20.8 Å². The Morgan fingerprint density at radius 1 is 0.400 bits per heavy atom. The molecule has 0 saturated heterocycles. The van der Waals surface area contributed by atoms with Crippen LogP contribution in [0.25, 0.3) is 0 Å². The average molecular weight is 698 g/mol. The van der Waals surface area contributed by atoms with Crippen LogP contribution in [0.5, 0.6) is 0 Å². The van der Waals surface area contributed by atoms with Crippen LogP contribution in [-0.2, 0) is 14.4 Å². The van der Waals surface area contributed by atoms with Gasteiger partial charge in [0, 0.05) is 35.6 Å². The topological polar surface area (TPSA) is 112 Å². The summed E-state index contributed by atoms with van der Waals surface area (Å²) in [4.78, 5) is 33.2.